The van der Waals surface area contributed by atoms with Crippen LogP contribution in [0, 0.1) is 0 Å². The first kappa shape index (κ1) is 31.6. The van der Waals surface area contributed by atoms with E-state index in [1.165, 1.54) is 30.5 Å². The molecular formula is C26H29N7O10PS-. The predicted molar refractivity (Wildman–Crippen MR) is 158 cm³/mol. The summed E-state index contributed by atoms with van der Waals surface area (Å²) in [7, 11) is 1.39. The smallest absolute Gasteiger partial charge is 0.330 e. The number of nitrogens with two attached hydrogens (primary N) is 1. The number of nitrogens with zero attached hydrogens (tertiary/aromatic N) is 5. The molecule has 240 valence electrons. The van der Waals surface area contributed by atoms with Gasteiger partial charge in [-0.25, -0.2) is 19.7 Å². The van der Waals surface area contributed by atoms with Gasteiger partial charge in [0.2, 0.25) is 0 Å². The van der Waals surface area contributed by atoms with Gasteiger partial charge < -0.3 is 44.1 Å². The highest BCUT2D eigenvalue weighted by Crippen LogP contribution is 2.46. The number of nitrogens with one attached hydrogen (secondary N) is 1. The van der Waals surface area contributed by atoms with Gasteiger partial charge >= 0.3 is 5.69 Å². The van der Waals surface area contributed by atoms with Crippen LogP contribution < -0.4 is 21.9 Å². The summed E-state index contributed by atoms with van der Waals surface area (Å²) < 4.78 is 31.0. The Bertz CT molecular complexity index is 1840. The molecule has 0 saturated carbocycles. The highest BCUT2D eigenvalue weighted by Gasteiger charge is 2.46. The van der Waals surface area contributed by atoms with Gasteiger partial charge in [-0.1, -0.05) is 42.1 Å². The van der Waals surface area contributed by atoms with E-state index in [2.05, 4.69) is 19.9 Å². The Labute approximate surface area is 259 Å². The number of H-pyrrole nitrogens is 1. The van der Waals surface area contributed by atoms with E-state index in [1.807, 2.05) is 0 Å². The number of methoxy groups -OCH3 is 1. The molecule has 17 nitrogen and oxygen atoms in total. The van der Waals surface area contributed by atoms with Crippen molar-refractivity contribution in [2.45, 2.75) is 49.4 Å². The molecule has 6 rings (SSSR count). The van der Waals surface area contributed by atoms with Gasteiger partial charge in [-0.2, -0.15) is 0 Å². The maximum absolute atomic E-state index is 13.3. The SMILES string of the molecule is CO[C@H]1C(O)[C@@H](COP([O-])(=S)OC2C[C@H](n3cc(-c4ccccc4)c(=O)[nH]c3=O)O[C@@H]2CO)O[C@H]1n1cnc2c(N)ncnc21. The number of benzene rings is 1. The Morgan fingerprint density at radius 2 is 1.96 bits per heavy atom. The minimum atomic E-state index is -4.26. The molecule has 0 radical (unpaired) electrons. The number of aromatic amines is 1. The Morgan fingerprint density at radius 1 is 1.18 bits per heavy atom. The van der Waals surface area contributed by atoms with Crippen molar-refractivity contribution in [1.82, 2.24) is 29.1 Å². The van der Waals surface area contributed by atoms with E-state index < -0.39 is 74.2 Å². The van der Waals surface area contributed by atoms with Crippen LogP contribution in [0.3, 0.4) is 0 Å². The second kappa shape index (κ2) is 12.8. The van der Waals surface area contributed by atoms with Gasteiger partial charge in [0.25, 0.3) is 5.56 Å². The van der Waals surface area contributed by atoms with Crippen molar-refractivity contribution in [1.29, 1.82) is 0 Å². The molecule has 5 N–H and O–H groups in total. The van der Waals surface area contributed by atoms with Crippen molar-refractivity contribution in [2.75, 3.05) is 26.1 Å². The molecule has 1 aromatic carbocycles. The zero-order valence-corrected chi connectivity index (χ0v) is 25.3. The van der Waals surface area contributed by atoms with Gasteiger partial charge in [0.05, 0.1) is 31.2 Å². The van der Waals surface area contributed by atoms with Gasteiger partial charge in [0.15, 0.2) is 17.7 Å². The Morgan fingerprint density at radius 3 is 2.69 bits per heavy atom. The molecule has 19 heteroatoms. The number of hydrogen-bond acceptors (Lipinski definition) is 15. The first-order valence-electron chi connectivity index (χ1n) is 13.7. The Hall–Kier alpha value is -3.42. The quantitative estimate of drug-likeness (QED) is 0.152. The average molecular weight is 663 g/mol. The van der Waals surface area contributed by atoms with Gasteiger partial charge in [0.1, 0.15) is 49.2 Å². The van der Waals surface area contributed by atoms with E-state index >= 15 is 0 Å². The van der Waals surface area contributed by atoms with Crippen molar-refractivity contribution in [3.63, 3.8) is 0 Å². The molecule has 4 aromatic rings. The first-order chi connectivity index (χ1) is 21.6. The van der Waals surface area contributed by atoms with Crippen molar-refractivity contribution in [3.8, 4) is 11.1 Å². The lowest BCUT2D eigenvalue weighted by atomic mass is 10.1. The van der Waals surface area contributed by atoms with Crippen molar-refractivity contribution in [3.05, 3.63) is 70.0 Å². The molecule has 45 heavy (non-hydrogen) atoms. The number of aliphatic hydroxyl groups excluding tert-OH is 2. The number of hydrogen-bond donors (Lipinski definition) is 4. The van der Waals surface area contributed by atoms with E-state index in [9.17, 15) is 24.7 Å². The fourth-order valence-electron chi connectivity index (χ4n) is 5.42. The van der Waals surface area contributed by atoms with Crippen LogP contribution >= 0.6 is 6.72 Å². The Balaban J connectivity index is 1.14. The number of anilines is 1. The van der Waals surface area contributed by atoms with Crippen molar-refractivity contribution < 1.29 is 38.4 Å². The topological polar surface area (TPSA) is 234 Å². The van der Waals surface area contributed by atoms with Crippen LogP contribution in [0.5, 0.6) is 0 Å². The lowest BCUT2D eigenvalue weighted by Gasteiger charge is -2.32. The average Bonchev–Trinajstić information content (AvgIpc) is 3.71. The Kier molecular flexibility index (Phi) is 8.95. The lowest BCUT2D eigenvalue weighted by molar-refractivity contribution is -0.215. The second-order valence-corrected chi connectivity index (χ2v) is 13.1. The molecule has 2 fully saturated rings. The molecule has 0 bridgehead atoms. The van der Waals surface area contributed by atoms with Crippen LogP contribution in [-0.2, 0) is 35.1 Å². The van der Waals surface area contributed by atoms with E-state index in [0.29, 0.717) is 16.7 Å². The monoisotopic (exact) mass is 662 g/mol. The zero-order chi connectivity index (χ0) is 31.9. The van der Waals surface area contributed by atoms with Gasteiger partial charge in [0, 0.05) is 19.7 Å². The number of rotatable bonds is 10. The number of aliphatic hydroxyl groups is 2. The third kappa shape index (κ3) is 6.22. The fraction of sp³-hybridized carbons (Fsp3) is 0.423. The highest BCUT2D eigenvalue weighted by molar-refractivity contribution is 8.06. The molecule has 5 heterocycles. The number of nitrogen functional groups attached to an aromatic ring is 1. The van der Waals surface area contributed by atoms with E-state index in [1.54, 1.807) is 30.3 Å². The molecule has 3 unspecified atom stereocenters. The second-order valence-electron chi connectivity index (χ2n) is 10.3. The lowest BCUT2D eigenvalue weighted by Crippen LogP contribution is -2.35. The summed E-state index contributed by atoms with van der Waals surface area (Å²) in [5.74, 6) is 0.164. The van der Waals surface area contributed by atoms with Crippen LogP contribution in [0.15, 0.2) is 58.8 Å². The van der Waals surface area contributed by atoms with Crippen LogP contribution in [0.25, 0.3) is 22.3 Å². The van der Waals surface area contributed by atoms with Crippen LogP contribution in [0.2, 0.25) is 0 Å². The number of aromatic nitrogens is 6. The summed E-state index contributed by atoms with van der Waals surface area (Å²) in [6, 6.07) is 8.72. The number of ether oxygens (including phenoxy) is 3. The number of fused-ring (bicyclic) bond motifs is 1. The van der Waals surface area contributed by atoms with Crippen molar-refractivity contribution in [2.24, 2.45) is 0 Å². The van der Waals surface area contributed by atoms with Crippen LogP contribution in [0.1, 0.15) is 18.9 Å². The summed E-state index contributed by atoms with van der Waals surface area (Å²) in [5.41, 5.74) is 6.05. The van der Waals surface area contributed by atoms with Crippen molar-refractivity contribution >= 4 is 35.5 Å². The van der Waals surface area contributed by atoms with Gasteiger partial charge in [-0.05, 0) is 5.56 Å². The zero-order valence-electron chi connectivity index (χ0n) is 23.6. The standard InChI is InChI=1S/C26H30N7O10PS/c1-39-21-20(35)17(42-25(21)33-12-30-19-22(27)28-11-29-23(19)33)10-40-44(38,45)43-15-7-18(41-16(15)9-34)32-8-14(24(36)31-26(32)37)13-5-3-2-4-6-13/h2-6,8,11-12,15-18,20-21,25,34-35H,7,9-10H2,1H3,(H,38,45)(H2,27,28,29)(H,31,36,37)/p-1/t15?,16-,17-,18-,20?,21+,25-,44?/m1/s1. The van der Waals surface area contributed by atoms with Crippen LogP contribution in [0.4, 0.5) is 5.82 Å². The summed E-state index contributed by atoms with van der Waals surface area (Å²) in [5, 5.41) is 20.9. The van der Waals surface area contributed by atoms with E-state index in [-0.39, 0.29) is 17.8 Å². The maximum Gasteiger partial charge on any atom is 0.330 e. The summed E-state index contributed by atoms with van der Waals surface area (Å²) in [4.78, 5) is 53.0. The summed E-state index contributed by atoms with van der Waals surface area (Å²) in [6.45, 7) is -5.25. The molecule has 2 saturated heterocycles. The maximum atomic E-state index is 13.3. The summed E-state index contributed by atoms with van der Waals surface area (Å²) >= 11 is 5.12. The van der Waals surface area contributed by atoms with E-state index in [4.69, 9.17) is 40.8 Å². The highest BCUT2D eigenvalue weighted by atomic mass is 32.5. The first-order valence-corrected chi connectivity index (χ1v) is 16.3. The predicted octanol–water partition coefficient (Wildman–Crippen LogP) is -0.835. The minimum Gasteiger partial charge on any atom is -0.780 e. The third-order valence-electron chi connectivity index (χ3n) is 7.63. The van der Waals surface area contributed by atoms with Gasteiger partial charge in [-0.3, -0.25) is 18.9 Å². The molecule has 0 aliphatic carbocycles. The van der Waals surface area contributed by atoms with Gasteiger partial charge in [-0.15, -0.1) is 0 Å². The molecular weight excluding hydrogens is 633 g/mol. The summed E-state index contributed by atoms with van der Waals surface area (Å²) in [6.07, 6.45) is -3.13. The van der Waals surface area contributed by atoms with Crippen LogP contribution in [-0.4, -0.2) is 90.1 Å². The minimum absolute atomic E-state index is 0.0511. The molecule has 8 atom stereocenters. The third-order valence-corrected chi connectivity index (χ3v) is 9.20. The molecule has 2 aliphatic heterocycles. The normalized spacial score (nSPS) is 28.0. The number of imidazole rings is 1. The molecule has 0 amide bonds. The van der Waals surface area contributed by atoms with E-state index in [0.717, 1.165) is 4.57 Å². The molecule has 0 spiro atoms. The fourth-order valence-corrected chi connectivity index (χ4v) is 6.88. The molecule has 3 aromatic heterocycles. The molecule has 2 aliphatic rings. The largest absolute Gasteiger partial charge is 0.780 e.